The largest absolute Gasteiger partial charge is 0.512 e. The average Bonchev–Trinajstić information content (AvgIpc) is 3.54. The SMILES string of the molecule is CC(C)(C)c1cc(-c2cc3c(ccc4c5cc6c(cc5sc34)C(C)(C)CCC6(C)C)cn2)[c-]c2ccccc12.CC(C)C(/C=C(\O)C(C)C)=NC1CCCCC1.[Ir]. The molecule has 1 radical (unpaired) electrons. The number of hydrogen-bond donors (Lipinski definition) is 1. The summed E-state index contributed by atoms with van der Waals surface area (Å²) >= 11 is 1.94. The van der Waals surface area contributed by atoms with Crippen molar-refractivity contribution in [3.05, 3.63) is 101 Å². The van der Waals surface area contributed by atoms with E-state index in [2.05, 4.69) is 129 Å². The van der Waals surface area contributed by atoms with Gasteiger partial charge in [-0.1, -0.05) is 143 Å². The molecular formula is C52H63IrN2OS-. The van der Waals surface area contributed by atoms with Crippen molar-refractivity contribution in [2.24, 2.45) is 16.8 Å². The van der Waals surface area contributed by atoms with Gasteiger partial charge in [-0.05, 0) is 82.6 Å². The quantitative estimate of drug-likeness (QED) is 0.106. The van der Waals surface area contributed by atoms with Crippen LogP contribution in [-0.2, 0) is 36.4 Å². The number of benzene rings is 4. The molecule has 0 saturated heterocycles. The Kier molecular flexibility index (Phi) is 12.7. The molecule has 2 aliphatic carbocycles. The minimum Gasteiger partial charge on any atom is -0.512 e. The molecule has 303 valence electrons. The van der Waals surface area contributed by atoms with Crippen molar-refractivity contribution in [1.82, 2.24) is 4.98 Å². The van der Waals surface area contributed by atoms with Crippen LogP contribution >= 0.6 is 11.3 Å². The zero-order chi connectivity index (χ0) is 40.2. The molecule has 2 aliphatic rings. The van der Waals surface area contributed by atoms with E-state index >= 15 is 0 Å². The Morgan fingerprint density at radius 2 is 1.49 bits per heavy atom. The fraction of sp³-hybridized carbons (Fsp3) is 0.462. The van der Waals surface area contributed by atoms with Crippen molar-refractivity contribution in [1.29, 1.82) is 0 Å². The summed E-state index contributed by atoms with van der Waals surface area (Å²) in [5, 5.41) is 17.5. The molecule has 0 amide bonds. The van der Waals surface area contributed by atoms with Gasteiger partial charge in [-0.3, -0.25) is 9.98 Å². The molecule has 57 heavy (non-hydrogen) atoms. The van der Waals surface area contributed by atoms with Crippen molar-refractivity contribution >= 4 is 58.8 Å². The Hall–Kier alpha value is -3.37. The maximum absolute atomic E-state index is 9.86. The van der Waals surface area contributed by atoms with Gasteiger partial charge in [-0.2, -0.15) is 0 Å². The van der Waals surface area contributed by atoms with Gasteiger partial charge < -0.3 is 5.11 Å². The summed E-state index contributed by atoms with van der Waals surface area (Å²) in [6.45, 7) is 24.8. The first-order valence-corrected chi connectivity index (χ1v) is 22.0. The van der Waals surface area contributed by atoms with Gasteiger partial charge in [0.2, 0.25) is 0 Å². The molecule has 8 rings (SSSR count). The fourth-order valence-electron chi connectivity index (χ4n) is 8.74. The van der Waals surface area contributed by atoms with Crippen LogP contribution in [0.15, 0.2) is 83.7 Å². The minimum atomic E-state index is 0. The van der Waals surface area contributed by atoms with Gasteiger partial charge in [0.05, 0.1) is 11.8 Å². The summed E-state index contributed by atoms with van der Waals surface area (Å²) in [6, 6.07) is 27.0. The van der Waals surface area contributed by atoms with Crippen LogP contribution in [0.3, 0.4) is 0 Å². The van der Waals surface area contributed by atoms with Crippen molar-refractivity contribution in [3.63, 3.8) is 0 Å². The van der Waals surface area contributed by atoms with Crippen LogP contribution in [0, 0.1) is 17.9 Å². The summed E-state index contributed by atoms with van der Waals surface area (Å²) in [5.74, 6) is 1.02. The van der Waals surface area contributed by atoms with Gasteiger partial charge in [0.15, 0.2) is 0 Å². The van der Waals surface area contributed by atoms with Crippen molar-refractivity contribution in [2.75, 3.05) is 0 Å². The average molecular weight is 956 g/mol. The number of aliphatic hydroxyl groups excluding tert-OH is 1. The van der Waals surface area contributed by atoms with E-state index < -0.39 is 0 Å². The summed E-state index contributed by atoms with van der Waals surface area (Å²) in [6.07, 6.45) is 12.8. The van der Waals surface area contributed by atoms with E-state index in [-0.39, 0.29) is 42.3 Å². The van der Waals surface area contributed by atoms with E-state index in [1.165, 1.54) is 98.0 Å². The number of aromatic nitrogens is 1. The van der Waals surface area contributed by atoms with Crippen molar-refractivity contribution in [2.45, 2.75) is 143 Å². The second-order valence-electron chi connectivity index (χ2n) is 19.6. The van der Waals surface area contributed by atoms with E-state index in [1.807, 2.05) is 37.5 Å². The Balaban J connectivity index is 0.000000259. The molecule has 0 unspecified atom stereocenters. The molecule has 5 heteroatoms. The number of allylic oxidation sites excluding steroid dienone is 2. The molecule has 2 heterocycles. The fourth-order valence-corrected chi connectivity index (χ4v) is 9.99. The standard InChI is InChI=1S/C37H36NS.C15H27NO.Ir/c1-35(2,3)29-17-24(16-22-10-8-9-11-25(22)29)32-19-27-23(21-38-32)12-13-26-28-18-30-31(20-33(28)39-34(26)27)37(6,7)15-14-36(30,4)5;1-11(2)14(10-15(17)12(3)4)16-13-8-6-5-7-9-13;/h8-13,17-21H,14-15H2,1-7H3;10-13,17H,5-9H2,1-4H3;/q-1;;/b;15-10-,16-14?;. The van der Waals surface area contributed by atoms with Crippen LogP contribution in [0.2, 0.25) is 0 Å². The predicted octanol–water partition coefficient (Wildman–Crippen LogP) is 15.4. The monoisotopic (exact) mass is 956 g/mol. The van der Waals surface area contributed by atoms with Crippen molar-refractivity contribution in [3.8, 4) is 11.3 Å². The second-order valence-corrected chi connectivity index (χ2v) is 20.7. The number of aliphatic imine (C=N–C) groups is 1. The Bertz CT molecular complexity index is 2470. The number of aliphatic hydroxyl groups is 1. The third-order valence-electron chi connectivity index (χ3n) is 12.6. The molecule has 1 N–H and O–H groups in total. The van der Waals surface area contributed by atoms with Gasteiger partial charge >= 0.3 is 0 Å². The molecule has 0 atom stereocenters. The molecule has 3 nitrogen and oxygen atoms in total. The Morgan fingerprint density at radius 3 is 2.14 bits per heavy atom. The maximum Gasteiger partial charge on any atom is 0.0965 e. The van der Waals surface area contributed by atoms with E-state index in [1.54, 1.807) is 0 Å². The first kappa shape index (κ1) is 43.2. The molecule has 2 aromatic heterocycles. The summed E-state index contributed by atoms with van der Waals surface area (Å²) in [5.41, 5.74) is 7.96. The Morgan fingerprint density at radius 1 is 0.825 bits per heavy atom. The summed E-state index contributed by atoms with van der Waals surface area (Å²) in [4.78, 5) is 9.78. The summed E-state index contributed by atoms with van der Waals surface area (Å²) in [7, 11) is 0. The van der Waals surface area contributed by atoms with Crippen LogP contribution in [-0.4, -0.2) is 21.8 Å². The van der Waals surface area contributed by atoms with Crippen LogP contribution in [0.25, 0.3) is 53.0 Å². The Labute approximate surface area is 359 Å². The van der Waals surface area contributed by atoms with Crippen LogP contribution in [0.5, 0.6) is 0 Å². The molecule has 4 aromatic carbocycles. The molecule has 0 aliphatic heterocycles. The first-order valence-electron chi connectivity index (χ1n) is 21.2. The van der Waals surface area contributed by atoms with E-state index in [4.69, 9.17) is 9.98 Å². The normalized spacial score (nSPS) is 17.6. The number of fused-ring (bicyclic) bond motifs is 7. The van der Waals surface area contributed by atoms with Crippen molar-refractivity contribution < 1.29 is 25.2 Å². The van der Waals surface area contributed by atoms with E-state index in [0.29, 0.717) is 17.7 Å². The molecule has 6 aromatic rings. The molecule has 0 spiro atoms. The number of pyridine rings is 1. The van der Waals surface area contributed by atoms with Crippen LogP contribution < -0.4 is 0 Å². The third-order valence-corrected chi connectivity index (χ3v) is 13.8. The predicted molar refractivity (Wildman–Crippen MR) is 245 cm³/mol. The number of thiophene rings is 1. The molecule has 1 saturated carbocycles. The van der Waals surface area contributed by atoms with Gasteiger partial charge in [0, 0.05) is 69.2 Å². The smallest absolute Gasteiger partial charge is 0.0965 e. The second kappa shape index (κ2) is 16.7. The van der Waals surface area contributed by atoms with Gasteiger partial charge in [-0.15, -0.1) is 40.5 Å². The van der Waals surface area contributed by atoms with Crippen LogP contribution in [0.1, 0.15) is 138 Å². The molecular weight excluding hydrogens is 893 g/mol. The maximum atomic E-state index is 9.86. The number of hydrogen-bond acceptors (Lipinski definition) is 4. The minimum absolute atomic E-state index is 0. The summed E-state index contributed by atoms with van der Waals surface area (Å²) < 4.78 is 2.76. The zero-order valence-corrected chi connectivity index (χ0v) is 39.4. The van der Waals surface area contributed by atoms with E-state index in [9.17, 15) is 5.11 Å². The topological polar surface area (TPSA) is 45.5 Å². The number of nitrogens with zero attached hydrogens (tertiary/aromatic N) is 2. The van der Waals surface area contributed by atoms with Gasteiger partial charge in [0.1, 0.15) is 0 Å². The third kappa shape index (κ3) is 8.97. The first-order chi connectivity index (χ1) is 26.4. The zero-order valence-electron chi connectivity index (χ0n) is 36.2. The van der Waals surface area contributed by atoms with Crippen LogP contribution in [0.4, 0.5) is 0 Å². The van der Waals surface area contributed by atoms with Gasteiger partial charge in [-0.25, -0.2) is 0 Å². The molecule has 1 fully saturated rings. The van der Waals surface area contributed by atoms with Gasteiger partial charge in [0.25, 0.3) is 0 Å². The molecule has 0 bridgehead atoms. The van der Waals surface area contributed by atoms with E-state index in [0.717, 1.165) is 22.4 Å². The number of rotatable bonds is 5.